The van der Waals surface area contributed by atoms with Crippen LogP contribution in [0.2, 0.25) is 0 Å². The zero-order valence-electron chi connectivity index (χ0n) is 8.39. The Labute approximate surface area is 82.4 Å². The molecule has 0 amide bonds. The summed E-state index contributed by atoms with van der Waals surface area (Å²) in [5.74, 6) is 0. The van der Waals surface area contributed by atoms with E-state index in [1.54, 1.807) is 0 Å². The normalized spacial score (nSPS) is 15.6. The van der Waals surface area contributed by atoms with Crippen LogP contribution in [-0.4, -0.2) is 9.36 Å². The van der Waals surface area contributed by atoms with Gasteiger partial charge < -0.3 is 0 Å². The van der Waals surface area contributed by atoms with E-state index < -0.39 is 0 Å². The van der Waals surface area contributed by atoms with Crippen LogP contribution in [-0.2, 0) is 5.41 Å². The number of nitrogens with zero attached hydrogens (tertiary/aromatic N) is 1. The summed E-state index contributed by atoms with van der Waals surface area (Å²) in [4.78, 5) is 14.9. The molecule has 0 saturated carbocycles. The zero-order valence-corrected chi connectivity index (χ0v) is 9.20. The van der Waals surface area contributed by atoms with Crippen LogP contribution in [0.1, 0.15) is 45.0 Å². The number of aromatic amines is 1. The van der Waals surface area contributed by atoms with Gasteiger partial charge in [0, 0.05) is 5.41 Å². The van der Waals surface area contributed by atoms with Gasteiger partial charge in [-0.25, -0.2) is 4.79 Å². The molecular weight excluding hydrogens is 184 g/mol. The first-order valence-electron chi connectivity index (χ1n) is 4.68. The summed E-state index contributed by atoms with van der Waals surface area (Å²) in [7, 11) is 0. The summed E-state index contributed by atoms with van der Waals surface area (Å²) in [6.45, 7) is 6.47. The van der Waals surface area contributed by atoms with Gasteiger partial charge in [0.2, 0.25) is 0 Å². The van der Waals surface area contributed by atoms with Crippen LogP contribution in [0.3, 0.4) is 0 Å². The monoisotopic (exact) mass is 200 g/mol. The lowest BCUT2D eigenvalue weighted by atomic mass is 9.84. The number of hydrogen-bond acceptors (Lipinski definition) is 3. The van der Waals surface area contributed by atoms with E-state index in [1.165, 1.54) is 11.5 Å². The van der Waals surface area contributed by atoms with E-state index in [9.17, 15) is 4.79 Å². The van der Waals surface area contributed by atoms with Crippen LogP contribution in [0, 0.1) is 0 Å². The van der Waals surface area contributed by atoms with Crippen molar-refractivity contribution in [2.75, 3.05) is 0 Å². The minimum Gasteiger partial charge on any atom is -0.260 e. The van der Waals surface area contributed by atoms with Gasteiger partial charge in [0.15, 0.2) is 0 Å². The predicted octanol–water partition coefficient (Wildman–Crippen LogP) is 2.30. The summed E-state index contributed by atoms with van der Waals surface area (Å²) in [6, 6.07) is 0. The number of nitrogens with one attached hydrogen (secondary N) is 1. The average molecular weight is 200 g/mol. The van der Waals surface area contributed by atoms with Crippen LogP contribution >= 0.6 is 11.5 Å². The Bertz CT molecular complexity index is 317. The molecule has 1 heterocycles. The van der Waals surface area contributed by atoms with Crippen molar-refractivity contribution in [3.8, 4) is 0 Å². The third-order valence-corrected chi connectivity index (χ3v) is 3.59. The molecule has 0 saturated heterocycles. The van der Waals surface area contributed by atoms with Crippen molar-refractivity contribution in [2.45, 2.75) is 45.4 Å². The first kappa shape index (κ1) is 10.4. The van der Waals surface area contributed by atoms with E-state index in [-0.39, 0.29) is 11.1 Å². The molecule has 1 atom stereocenters. The topological polar surface area (TPSA) is 45.8 Å². The molecule has 1 aromatic rings. The highest BCUT2D eigenvalue weighted by Gasteiger charge is 2.27. The lowest BCUT2D eigenvalue weighted by Gasteiger charge is -2.24. The van der Waals surface area contributed by atoms with Gasteiger partial charge in [0.05, 0.1) is 0 Å². The standard InChI is InChI=1S/C9H16N2OS/c1-4-6-9(3,5-2)7-10-8(12)11-13-7/h4-6H2,1-3H3,(H,11,12). The molecule has 0 radical (unpaired) electrons. The highest BCUT2D eigenvalue weighted by molar-refractivity contribution is 7.05. The zero-order chi connectivity index (χ0) is 9.90. The van der Waals surface area contributed by atoms with Crippen molar-refractivity contribution in [2.24, 2.45) is 0 Å². The molecule has 74 valence electrons. The first-order chi connectivity index (χ1) is 6.12. The molecule has 0 aliphatic heterocycles. The van der Waals surface area contributed by atoms with Crippen molar-refractivity contribution < 1.29 is 0 Å². The van der Waals surface area contributed by atoms with Crippen LogP contribution < -0.4 is 5.69 Å². The number of rotatable bonds is 4. The lowest BCUT2D eigenvalue weighted by Crippen LogP contribution is -2.21. The van der Waals surface area contributed by atoms with Gasteiger partial charge in [-0.2, -0.15) is 4.98 Å². The van der Waals surface area contributed by atoms with Crippen LogP contribution in [0.5, 0.6) is 0 Å². The Morgan fingerprint density at radius 2 is 2.23 bits per heavy atom. The first-order valence-corrected chi connectivity index (χ1v) is 5.50. The van der Waals surface area contributed by atoms with E-state index >= 15 is 0 Å². The van der Waals surface area contributed by atoms with E-state index in [0.29, 0.717) is 0 Å². The Balaban J connectivity index is 2.94. The maximum Gasteiger partial charge on any atom is 0.355 e. The highest BCUT2D eigenvalue weighted by Crippen LogP contribution is 2.31. The van der Waals surface area contributed by atoms with Crippen molar-refractivity contribution in [3.05, 3.63) is 15.5 Å². The molecule has 0 aliphatic carbocycles. The molecule has 1 unspecified atom stereocenters. The molecule has 3 nitrogen and oxygen atoms in total. The summed E-state index contributed by atoms with van der Waals surface area (Å²) < 4.78 is 2.64. The Kier molecular flexibility index (Phi) is 3.25. The Hall–Kier alpha value is -0.640. The molecule has 1 N–H and O–H groups in total. The minimum absolute atomic E-state index is 0.0819. The second-order valence-corrected chi connectivity index (χ2v) is 4.39. The molecule has 0 spiro atoms. The molecule has 0 aliphatic rings. The lowest BCUT2D eigenvalue weighted by molar-refractivity contribution is 0.411. The van der Waals surface area contributed by atoms with E-state index in [0.717, 1.165) is 24.3 Å². The Morgan fingerprint density at radius 1 is 1.54 bits per heavy atom. The van der Waals surface area contributed by atoms with Gasteiger partial charge in [-0.1, -0.05) is 27.2 Å². The quantitative estimate of drug-likeness (QED) is 0.810. The SMILES string of the molecule is CCCC(C)(CC)c1nc(=O)[nH]s1. The summed E-state index contributed by atoms with van der Waals surface area (Å²) in [5.41, 5.74) is -0.130. The van der Waals surface area contributed by atoms with Gasteiger partial charge >= 0.3 is 5.69 Å². The van der Waals surface area contributed by atoms with Crippen LogP contribution in [0.4, 0.5) is 0 Å². The highest BCUT2D eigenvalue weighted by atomic mass is 32.1. The van der Waals surface area contributed by atoms with E-state index in [2.05, 4.69) is 30.1 Å². The van der Waals surface area contributed by atoms with Gasteiger partial charge in [-0.15, -0.1) is 0 Å². The third-order valence-electron chi connectivity index (χ3n) is 2.54. The van der Waals surface area contributed by atoms with Crippen molar-refractivity contribution >= 4 is 11.5 Å². The number of aromatic nitrogens is 2. The smallest absolute Gasteiger partial charge is 0.260 e. The molecule has 13 heavy (non-hydrogen) atoms. The summed E-state index contributed by atoms with van der Waals surface area (Å²) in [5, 5.41) is 0.946. The minimum atomic E-state index is -0.212. The van der Waals surface area contributed by atoms with E-state index in [1.807, 2.05) is 0 Å². The fourth-order valence-electron chi connectivity index (χ4n) is 1.47. The molecular formula is C9H16N2OS. The predicted molar refractivity (Wildman–Crippen MR) is 55.3 cm³/mol. The van der Waals surface area contributed by atoms with Gasteiger partial charge in [-0.3, -0.25) is 4.37 Å². The fourth-order valence-corrected chi connectivity index (χ4v) is 2.33. The van der Waals surface area contributed by atoms with E-state index in [4.69, 9.17) is 0 Å². The van der Waals surface area contributed by atoms with Gasteiger partial charge in [0.1, 0.15) is 5.01 Å². The fraction of sp³-hybridized carbons (Fsp3) is 0.778. The van der Waals surface area contributed by atoms with Crippen molar-refractivity contribution in [1.82, 2.24) is 9.36 Å². The molecule has 4 heteroatoms. The molecule has 0 fully saturated rings. The Morgan fingerprint density at radius 3 is 2.62 bits per heavy atom. The van der Waals surface area contributed by atoms with Crippen LogP contribution in [0.25, 0.3) is 0 Å². The maximum absolute atomic E-state index is 10.9. The maximum atomic E-state index is 10.9. The number of hydrogen-bond donors (Lipinski definition) is 1. The van der Waals surface area contributed by atoms with Crippen molar-refractivity contribution in [1.29, 1.82) is 0 Å². The molecule has 1 aromatic heterocycles. The second kappa shape index (κ2) is 4.05. The summed E-state index contributed by atoms with van der Waals surface area (Å²) >= 11 is 1.37. The third kappa shape index (κ3) is 2.18. The summed E-state index contributed by atoms with van der Waals surface area (Å²) in [6.07, 6.45) is 3.24. The van der Waals surface area contributed by atoms with Crippen LogP contribution in [0.15, 0.2) is 4.79 Å². The average Bonchev–Trinajstić information content (AvgIpc) is 2.52. The molecule has 0 bridgehead atoms. The largest absolute Gasteiger partial charge is 0.355 e. The van der Waals surface area contributed by atoms with Crippen molar-refractivity contribution in [3.63, 3.8) is 0 Å². The molecule has 1 rings (SSSR count). The van der Waals surface area contributed by atoms with Gasteiger partial charge in [0.25, 0.3) is 0 Å². The second-order valence-electron chi connectivity index (χ2n) is 3.59. The molecule has 0 aromatic carbocycles. The number of H-pyrrole nitrogens is 1. The van der Waals surface area contributed by atoms with Gasteiger partial charge in [-0.05, 0) is 24.4 Å².